The first kappa shape index (κ1) is 11.7. The van der Waals surface area contributed by atoms with E-state index < -0.39 is 0 Å². The minimum atomic E-state index is -0.248. The number of nitrogens with two attached hydrogens (primary N) is 1. The van der Waals surface area contributed by atoms with Gasteiger partial charge in [0.05, 0.1) is 0 Å². The van der Waals surface area contributed by atoms with E-state index in [0.717, 1.165) is 37.8 Å². The van der Waals surface area contributed by atoms with Crippen LogP contribution in [0.1, 0.15) is 25.7 Å². The van der Waals surface area contributed by atoms with Crippen molar-refractivity contribution in [3.8, 4) is 0 Å². The fraction of sp³-hybridized carbons (Fsp3) is 0.917. The smallest absolute Gasteiger partial charge is 0.314 e. The zero-order valence-corrected chi connectivity index (χ0v) is 10.2. The summed E-state index contributed by atoms with van der Waals surface area (Å²) in [6.07, 6.45) is 4.96. The average molecular weight is 225 g/mol. The molecule has 2 heterocycles. The van der Waals surface area contributed by atoms with Crippen molar-refractivity contribution < 1.29 is 4.79 Å². The van der Waals surface area contributed by atoms with Crippen LogP contribution in [0.5, 0.6) is 0 Å². The summed E-state index contributed by atoms with van der Waals surface area (Å²) in [6, 6.07) is -0.248. The fourth-order valence-corrected chi connectivity index (χ4v) is 3.09. The molecule has 2 fully saturated rings. The predicted octanol–water partition coefficient (Wildman–Crippen LogP) is 1.12. The van der Waals surface area contributed by atoms with E-state index >= 15 is 0 Å². The highest BCUT2D eigenvalue weighted by Gasteiger charge is 2.29. The number of carbonyl (C=O) groups is 1. The highest BCUT2D eigenvalue weighted by atomic mass is 16.2. The van der Waals surface area contributed by atoms with Crippen LogP contribution >= 0.6 is 0 Å². The number of hydrogen-bond acceptors (Lipinski definition) is 2. The topological polar surface area (TPSA) is 49.6 Å². The number of rotatable bonds is 1. The molecule has 0 aromatic carbocycles. The monoisotopic (exact) mass is 225 g/mol. The molecule has 2 saturated heterocycles. The maximum atomic E-state index is 11.0. The molecule has 0 bridgehead atoms. The van der Waals surface area contributed by atoms with Crippen molar-refractivity contribution >= 4 is 6.03 Å². The Morgan fingerprint density at radius 1 is 1.00 bits per heavy atom. The van der Waals surface area contributed by atoms with Gasteiger partial charge in [0, 0.05) is 13.1 Å². The Hall–Kier alpha value is -0.770. The van der Waals surface area contributed by atoms with Gasteiger partial charge < -0.3 is 15.5 Å². The second-order valence-electron chi connectivity index (χ2n) is 5.30. The van der Waals surface area contributed by atoms with Crippen molar-refractivity contribution in [2.24, 2.45) is 17.6 Å². The third kappa shape index (κ3) is 2.67. The lowest BCUT2D eigenvalue weighted by atomic mass is 9.79. The van der Waals surface area contributed by atoms with Gasteiger partial charge in [0.1, 0.15) is 0 Å². The number of urea groups is 1. The summed E-state index contributed by atoms with van der Waals surface area (Å²) in [5.41, 5.74) is 5.29. The number of amides is 2. The van der Waals surface area contributed by atoms with Crippen LogP contribution in [0.2, 0.25) is 0 Å². The van der Waals surface area contributed by atoms with Gasteiger partial charge in [-0.25, -0.2) is 4.79 Å². The summed E-state index contributed by atoms with van der Waals surface area (Å²) in [4.78, 5) is 15.2. The Balaban J connectivity index is 1.78. The number of hydrogen-bond donors (Lipinski definition) is 1. The van der Waals surface area contributed by atoms with Crippen LogP contribution in [0.3, 0.4) is 0 Å². The van der Waals surface area contributed by atoms with Crippen molar-refractivity contribution in [3.63, 3.8) is 0 Å². The average Bonchev–Trinajstić information content (AvgIpc) is 2.30. The molecule has 0 spiro atoms. The number of likely N-dealkylation sites (tertiary alicyclic amines) is 2. The molecule has 0 aromatic heterocycles. The van der Waals surface area contributed by atoms with Gasteiger partial charge in [0.25, 0.3) is 0 Å². The number of primary amides is 1. The van der Waals surface area contributed by atoms with Crippen LogP contribution < -0.4 is 5.73 Å². The van der Waals surface area contributed by atoms with Crippen molar-refractivity contribution in [1.29, 1.82) is 0 Å². The highest BCUT2D eigenvalue weighted by Crippen LogP contribution is 2.31. The molecule has 0 aromatic rings. The molecule has 92 valence electrons. The molecule has 2 N–H and O–H groups in total. The predicted molar refractivity (Wildman–Crippen MR) is 64.1 cm³/mol. The van der Waals surface area contributed by atoms with Gasteiger partial charge in [0.15, 0.2) is 0 Å². The largest absolute Gasteiger partial charge is 0.351 e. The lowest BCUT2D eigenvalue weighted by Gasteiger charge is -2.38. The Kier molecular flexibility index (Phi) is 3.69. The standard InChI is InChI=1S/C12H23N3O/c1-14-6-2-10(3-7-14)11-4-8-15(9-5-11)12(13)16/h10-11H,2-9H2,1H3,(H2,13,16). The maximum Gasteiger partial charge on any atom is 0.314 e. The molecule has 2 rings (SSSR count). The number of carbonyl (C=O) groups excluding carboxylic acids is 1. The summed E-state index contributed by atoms with van der Waals surface area (Å²) in [5, 5.41) is 0. The zero-order chi connectivity index (χ0) is 11.5. The van der Waals surface area contributed by atoms with Crippen molar-refractivity contribution in [3.05, 3.63) is 0 Å². The molecule has 16 heavy (non-hydrogen) atoms. The summed E-state index contributed by atoms with van der Waals surface area (Å²) >= 11 is 0. The molecule has 4 heteroatoms. The minimum Gasteiger partial charge on any atom is -0.351 e. The van der Waals surface area contributed by atoms with Crippen LogP contribution in [-0.2, 0) is 0 Å². The molecule has 0 aliphatic carbocycles. The van der Waals surface area contributed by atoms with Crippen molar-refractivity contribution in [2.45, 2.75) is 25.7 Å². The molecular weight excluding hydrogens is 202 g/mol. The fourth-order valence-electron chi connectivity index (χ4n) is 3.09. The van der Waals surface area contributed by atoms with Gasteiger partial charge in [-0.05, 0) is 57.7 Å². The first-order valence-corrected chi connectivity index (χ1v) is 6.39. The lowest BCUT2D eigenvalue weighted by molar-refractivity contribution is 0.116. The first-order chi connectivity index (χ1) is 7.66. The molecule has 2 aliphatic heterocycles. The normalized spacial score (nSPS) is 25.9. The molecule has 0 saturated carbocycles. The minimum absolute atomic E-state index is 0.248. The van der Waals surface area contributed by atoms with Crippen LogP contribution in [-0.4, -0.2) is 49.1 Å². The van der Waals surface area contributed by atoms with Gasteiger partial charge in [0.2, 0.25) is 0 Å². The Morgan fingerprint density at radius 3 is 1.88 bits per heavy atom. The third-order valence-electron chi connectivity index (χ3n) is 4.28. The summed E-state index contributed by atoms with van der Waals surface area (Å²) < 4.78 is 0. The first-order valence-electron chi connectivity index (χ1n) is 6.39. The molecule has 4 nitrogen and oxygen atoms in total. The van der Waals surface area contributed by atoms with Gasteiger partial charge in [-0.1, -0.05) is 0 Å². The van der Waals surface area contributed by atoms with Crippen LogP contribution in [0.15, 0.2) is 0 Å². The van der Waals surface area contributed by atoms with E-state index in [1.165, 1.54) is 25.9 Å². The van der Waals surface area contributed by atoms with Gasteiger partial charge >= 0.3 is 6.03 Å². The van der Waals surface area contributed by atoms with Crippen LogP contribution in [0, 0.1) is 11.8 Å². The quantitative estimate of drug-likeness (QED) is 0.727. The van der Waals surface area contributed by atoms with E-state index in [0.29, 0.717) is 0 Å². The molecule has 0 unspecified atom stereocenters. The number of nitrogens with zero attached hydrogens (tertiary/aromatic N) is 2. The lowest BCUT2D eigenvalue weighted by Crippen LogP contribution is -2.44. The van der Waals surface area contributed by atoms with Crippen LogP contribution in [0.4, 0.5) is 4.79 Å². The highest BCUT2D eigenvalue weighted by molar-refractivity contribution is 5.72. The Morgan fingerprint density at radius 2 is 1.44 bits per heavy atom. The van der Waals surface area contributed by atoms with Gasteiger partial charge in [-0.2, -0.15) is 0 Å². The summed E-state index contributed by atoms with van der Waals surface area (Å²) in [6.45, 7) is 4.21. The van der Waals surface area contributed by atoms with E-state index in [9.17, 15) is 4.79 Å². The Labute approximate surface area is 97.8 Å². The SMILES string of the molecule is CN1CCC(C2CCN(C(N)=O)CC2)CC1. The molecule has 2 aliphatic rings. The summed E-state index contributed by atoms with van der Waals surface area (Å²) in [7, 11) is 2.20. The van der Waals surface area contributed by atoms with Gasteiger partial charge in [-0.3, -0.25) is 0 Å². The third-order valence-corrected chi connectivity index (χ3v) is 4.28. The maximum absolute atomic E-state index is 11.0. The van der Waals surface area contributed by atoms with Crippen molar-refractivity contribution in [1.82, 2.24) is 9.80 Å². The van der Waals surface area contributed by atoms with E-state index in [1.807, 2.05) is 0 Å². The zero-order valence-electron chi connectivity index (χ0n) is 10.2. The van der Waals surface area contributed by atoms with E-state index in [-0.39, 0.29) is 6.03 Å². The molecule has 2 amide bonds. The Bertz CT molecular complexity index is 241. The second kappa shape index (κ2) is 5.04. The second-order valence-corrected chi connectivity index (χ2v) is 5.30. The van der Waals surface area contributed by atoms with Crippen molar-refractivity contribution in [2.75, 3.05) is 33.2 Å². The van der Waals surface area contributed by atoms with E-state index in [1.54, 1.807) is 4.90 Å². The van der Waals surface area contributed by atoms with Crippen LogP contribution in [0.25, 0.3) is 0 Å². The number of piperidine rings is 2. The van der Waals surface area contributed by atoms with E-state index in [2.05, 4.69) is 11.9 Å². The molecule has 0 atom stereocenters. The van der Waals surface area contributed by atoms with Gasteiger partial charge in [-0.15, -0.1) is 0 Å². The van der Waals surface area contributed by atoms with E-state index in [4.69, 9.17) is 5.73 Å². The molecule has 0 radical (unpaired) electrons. The molecular formula is C12H23N3O. The summed E-state index contributed by atoms with van der Waals surface area (Å²) in [5.74, 6) is 1.70.